The normalized spacial score (nSPS) is 17.8. The standard InChI is InChI=1S/C27H58O5Si3/c1-20(24(28)29)18-22(31-34(14,15)26(6,7)8)23(32-35(16,17)27(9,10)11)19-21(2)30-33(12,13)25(3,4)5/h18,21-23H,19H2,1-17H3,(H,28,29). The van der Waals surface area contributed by atoms with Gasteiger partial charge in [-0.1, -0.05) is 62.3 Å². The van der Waals surface area contributed by atoms with E-state index in [0.29, 0.717) is 6.42 Å². The highest BCUT2D eigenvalue weighted by atomic mass is 28.4. The van der Waals surface area contributed by atoms with Gasteiger partial charge in [-0.2, -0.15) is 0 Å². The van der Waals surface area contributed by atoms with Crippen LogP contribution in [0.3, 0.4) is 0 Å². The van der Waals surface area contributed by atoms with Crippen LogP contribution < -0.4 is 0 Å². The highest BCUT2D eigenvalue weighted by Gasteiger charge is 2.45. The molecule has 0 aromatic rings. The predicted molar refractivity (Wildman–Crippen MR) is 158 cm³/mol. The van der Waals surface area contributed by atoms with E-state index in [1.54, 1.807) is 13.0 Å². The van der Waals surface area contributed by atoms with Crippen molar-refractivity contribution in [3.63, 3.8) is 0 Å². The van der Waals surface area contributed by atoms with Gasteiger partial charge in [0.15, 0.2) is 25.0 Å². The Morgan fingerprint density at radius 2 is 1.09 bits per heavy atom. The molecule has 0 radical (unpaired) electrons. The minimum atomic E-state index is -2.22. The van der Waals surface area contributed by atoms with E-state index in [0.717, 1.165) is 0 Å². The van der Waals surface area contributed by atoms with Crippen molar-refractivity contribution < 1.29 is 23.2 Å². The summed E-state index contributed by atoms with van der Waals surface area (Å²) in [5.41, 5.74) is 0.288. The lowest BCUT2D eigenvalue weighted by atomic mass is 10.1. The first-order valence-electron chi connectivity index (χ1n) is 13.1. The van der Waals surface area contributed by atoms with Gasteiger partial charge in [-0.25, -0.2) is 4.79 Å². The van der Waals surface area contributed by atoms with E-state index in [1.807, 2.05) is 0 Å². The van der Waals surface area contributed by atoms with Crippen LogP contribution in [0.1, 0.15) is 82.6 Å². The summed E-state index contributed by atoms with van der Waals surface area (Å²) in [7, 11) is -6.37. The molecule has 3 unspecified atom stereocenters. The maximum absolute atomic E-state index is 11.8. The zero-order valence-electron chi connectivity index (χ0n) is 26.1. The number of carboxylic acids is 1. The fourth-order valence-corrected chi connectivity index (χ4v) is 6.96. The van der Waals surface area contributed by atoms with Gasteiger partial charge in [-0.05, 0) is 80.7 Å². The third-order valence-corrected chi connectivity index (χ3v) is 22.1. The number of carbonyl (C=O) groups is 1. The summed E-state index contributed by atoms with van der Waals surface area (Å²) in [4.78, 5) is 11.8. The van der Waals surface area contributed by atoms with Crippen molar-refractivity contribution in [3.05, 3.63) is 11.6 Å². The lowest BCUT2D eigenvalue weighted by Gasteiger charge is -2.46. The molecule has 0 aliphatic rings. The number of rotatable bonds is 11. The lowest BCUT2D eigenvalue weighted by molar-refractivity contribution is -0.132. The number of hydrogen-bond acceptors (Lipinski definition) is 4. The summed E-state index contributed by atoms with van der Waals surface area (Å²) in [6.45, 7) is 37.3. The Labute approximate surface area is 220 Å². The van der Waals surface area contributed by atoms with Gasteiger partial charge in [-0.3, -0.25) is 0 Å². The van der Waals surface area contributed by atoms with Crippen LogP contribution in [-0.2, 0) is 18.1 Å². The summed E-state index contributed by atoms with van der Waals surface area (Å²) in [6, 6.07) is 0. The SMILES string of the molecule is CC(=CC(O[Si](C)(C)C(C)(C)C)C(CC(C)O[Si](C)(C)C(C)(C)C)O[Si](C)(C)C(C)(C)C)C(=O)O. The van der Waals surface area contributed by atoms with E-state index >= 15 is 0 Å². The Bertz CT molecular complexity index is 737. The smallest absolute Gasteiger partial charge is 0.331 e. The largest absolute Gasteiger partial charge is 0.478 e. The molecule has 0 rings (SSSR count). The molecule has 0 aromatic carbocycles. The Morgan fingerprint density at radius 3 is 1.43 bits per heavy atom. The fraction of sp³-hybridized carbons (Fsp3) is 0.889. The van der Waals surface area contributed by atoms with Gasteiger partial charge >= 0.3 is 5.97 Å². The van der Waals surface area contributed by atoms with Crippen molar-refractivity contribution in [2.45, 2.75) is 155 Å². The molecular weight excluding hydrogens is 489 g/mol. The quantitative estimate of drug-likeness (QED) is 0.207. The molecule has 0 fully saturated rings. The van der Waals surface area contributed by atoms with Gasteiger partial charge in [0.2, 0.25) is 0 Å². The molecule has 35 heavy (non-hydrogen) atoms. The lowest BCUT2D eigenvalue weighted by Crippen LogP contribution is -2.53. The molecule has 8 heteroatoms. The molecule has 1 N–H and O–H groups in total. The highest BCUT2D eigenvalue weighted by Crippen LogP contribution is 2.42. The summed E-state index contributed by atoms with van der Waals surface area (Å²) in [5, 5.41) is 9.80. The average molecular weight is 547 g/mol. The average Bonchev–Trinajstić information content (AvgIpc) is 2.56. The maximum atomic E-state index is 11.8. The van der Waals surface area contributed by atoms with Gasteiger partial charge in [-0.15, -0.1) is 0 Å². The number of hydrogen-bond donors (Lipinski definition) is 1. The van der Waals surface area contributed by atoms with Gasteiger partial charge in [0.25, 0.3) is 0 Å². The Morgan fingerprint density at radius 1 is 0.743 bits per heavy atom. The molecule has 3 atom stereocenters. The van der Waals surface area contributed by atoms with Crippen molar-refractivity contribution in [3.8, 4) is 0 Å². The van der Waals surface area contributed by atoms with Gasteiger partial charge in [0.05, 0.1) is 12.2 Å². The number of carboxylic acid groups (broad SMARTS) is 1. The van der Waals surface area contributed by atoms with E-state index in [9.17, 15) is 9.90 Å². The minimum Gasteiger partial charge on any atom is -0.478 e. The molecule has 0 bridgehead atoms. The molecule has 208 valence electrons. The van der Waals surface area contributed by atoms with Gasteiger partial charge in [0, 0.05) is 11.7 Å². The highest BCUT2D eigenvalue weighted by molar-refractivity contribution is 6.75. The molecule has 0 saturated heterocycles. The molecule has 0 amide bonds. The van der Waals surface area contributed by atoms with E-state index in [4.69, 9.17) is 13.3 Å². The second-order valence-corrected chi connectivity index (χ2v) is 29.1. The molecule has 0 aliphatic carbocycles. The summed E-state index contributed by atoms with van der Waals surface area (Å²) in [5.74, 6) is -0.925. The van der Waals surface area contributed by atoms with Crippen LogP contribution in [0, 0.1) is 0 Å². The molecule has 0 heterocycles. The van der Waals surface area contributed by atoms with Crippen molar-refractivity contribution in [2.75, 3.05) is 0 Å². The van der Waals surface area contributed by atoms with Crippen molar-refractivity contribution in [2.24, 2.45) is 0 Å². The molecule has 0 spiro atoms. The number of aliphatic carboxylic acids is 1. The first-order chi connectivity index (χ1) is 15.1. The monoisotopic (exact) mass is 546 g/mol. The minimum absolute atomic E-state index is 0.0129. The zero-order chi connectivity index (χ0) is 28.4. The Balaban J connectivity index is 6.54. The third kappa shape index (κ3) is 10.2. The van der Waals surface area contributed by atoms with Crippen LogP contribution in [0.5, 0.6) is 0 Å². The predicted octanol–water partition coefficient (Wildman–Crippen LogP) is 8.60. The summed E-state index contributed by atoms with van der Waals surface area (Å²) >= 11 is 0. The molecule has 0 saturated carbocycles. The van der Waals surface area contributed by atoms with Crippen molar-refractivity contribution in [1.29, 1.82) is 0 Å². The fourth-order valence-electron chi connectivity index (χ4n) is 2.91. The van der Waals surface area contributed by atoms with Crippen LogP contribution >= 0.6 is 0 Å². The first kappa shape index (κ1) is 34.7. The maximum Gasteiger partial charge on any atom is 0.331 e. The second kappa shape index (κ2) is 11.6. The molecule has 5 nitrogen and oxygen atoms in total. The van der Waals surface area contributed by atoms with E-state index in [2.05, 4.69) is 109 Å². The van der Waals surface area contributed by atoms with Crippen LogP contribution in [-0.4, -0.2) is 54.3 Å². The molecule has 0 aromatic heterocycles. The second-order valence-electron chi connectivity index (χ2n) is 14.8. The summed E-state index contributed by atoms with van der Waals surface area (Å²) < 4.78 is 20.6. The third-order valence-electron chi connectivity index (χ3n) is 8.47. The van der Waals surface area contributed by atoms with Crippen LogP contribution in [0.25, 0.3) is 0 Å². The van der Waals surface area contributed by atoms with Gasteiger partial charge in [0.1, 0.15) is 0 Å². The first-order valence-corrected chi connectivity index (χ1v) is 21.8. The summed E-state index contributed by atoms with van der Waals surface area (Å²) in [6.07, 6.45) is 1.65. The van der Waals surface area contributed by atoms with Crippen molar-refractivity contribution >= 4 is 30.9 Å². The van der Waals surface area contributed by atoms with E-state index in [-0.39, 0.29) is 32.9 Å². The topological polar surface area (TPSA) is 65.0 Å². The van der Waals surface area contributed by atoms with Crippen LogP contribution in [0.2, 0.25) is 54.4 Å². The molecule has 0 aliphatic heterocycles. The van der Waals surface area contributed by atoms with E-state index in [1.165, 1.54) is 0 Å². The Hall–Kier alpha value is -0.259. The molecular formula is C27H58O5Si3. The zero-order valence-corrected chi connectivity index (χ0v) is 29.1. The van der Waals surface area contributed by atoms with Crippen molar-refractivity contribution in [1.82, 2.24) is 0 Å². The van der Waals surface area contributed by atoms with Crippen LogP contribution in [0.4, 0.5) is 0 Å². The Kier molecular flexibility index (Phi) is 11.6. The van der Waals surface area contributed by atoms with E-state index < -0.39 is 37.0 Å². The van der Waals surface area contributed by atoms with Crippen LogP contribution in [0.15, 0.2) is 11.6 Å². The van der Waals surface area contributed by atoms with Gasteiger partial charge < -0.3 is 18.4 Å².